The zero-order valence-corrected chi connectivity index (χ0v) is 18.6. The number of hydrogen-bond donors (Lipinski definition) is 0. The van der Waals surface area contributed by atoms with Gasteiger partial charge in [0.15, 0.2) is 17.3 Å². The summed E-state index contributed by atoms with van der Waals surface area (Å²) in [6.07, 6.45) is 4.00. The maximum atomic E-state index is 15.0. The maximum Gasteiger partial charge on any atom is 0.251 e. The molecule has 0 unspecified atom stereocenters. The summed E-state index contributed by atoms with van der Waals surface area (Å²) < 4.78 is 37.1. The fourth-order valence-corrected chi connectivity index (χ4v) is 3.46. The maximum absolute atomic E-state index is 15.0. The Morgan fingerprint density at radius 3 is 2.62 bits per heavy atom. The van der Waals surface area contributed by atoms with Crippen molar-refractivity contribution in [3.05, 3.63) is 94.5 Å². The van der Waals surface area contributed by atoms with Crippen molar-refractivity contribution < 1.29 is 13.5 Å². The van der Waals surface area contributed by atoms with Gasteiger partial charge in [0.05, 0.1) is 30.9 Å². The summed E-state index contributed by atoms with van der Waals surface area (Å²) in [4.78, 5) is 13.0. The number of rotatable bonds is 7. The molecule has 172 valence electrons. The predicted molar refractivity (Wildman–Crippen MR) is 126 cm³/mol. The van der Waals surface area contributed by atoms with Crippen LogP contribution in [0.15, 0.2) is 77.5 Å². The first-order valence-corrected chi connectivity index (χ1v) is 10.1. The highest BCUT2D eigenvalue weighted by Gasteiger charge is 2.20. The Bertz CT molecular complexity index is 1460. The Morgan fingerprint density at radius 2 is 1.94 bits per heavy atom. The monoisotopic (exact) mass is 482 g/mol. The summed E-state index contributed by atoms with van der Waals surface area (Å²) in [5.41, 5.74) is -0.149. The van der Waals surface area contributed by atoms with Crippen LogP contribution in [0.3, 0.4) is 0 Å². The van der Waals surface area contributed by atoms with Gasteiger partial charge in [-0.1, -0.05) is 18.2 Å². The van der Waals surface area contributed by atoms with Crippen LogP contribution in [0.2, 0.25) is 5.02 Å². The van der Waals surface area contributed by atoms with Gasteiger partial charge < -0.3 is 4.74 Å². The molecular formula is C23H17ClF2N6O2. The highest BCUT2D eigenvalue weighted by Crippen LogP contribution is 2.26. The first kappa shape index (κ1) is 22.9. The van der Waals surface area contributed by atoms with E-state index in [9.17, 15) is 9.18 Å². The van der Waals surface area contributed by atoms with Gasteiger partial charge in [0.2, 0.25) is 0 Å². The highest BCUT2D eigenvalue weighted by atomic mass is 35.5. The van der Waals surface area contributed by atoms with Crippen molar-refractivity contribution in [2.24, 2.45) is 5.10 Å². The average Bonchev–Trinajstić information content (AvgIpc) is 3.31. The van der Waals surface area contributed by atoms with Crippen LogP contribution in [0.1, 0.15) is 0 Å². The van der Waals surface area contributed by atoms with Crippen molar-refractivity contribution in [3.63, 3.8) is 0 Å². The first-order chi connectivity index (χ1) is 16.4. The lowest BCUT2D eigenvalue weighted by atomic mass is 10.2. The van der Waals surface area contributed by atoms with E-state index >= 15 is 4.39 Å². The lowest BCUT2D eigenvalue weighted by Gasteiger charge is -2.16. The number of methoxy groups -OCH3 is 1. The van der Waals surface area contributed by atoms with E-state index in [4.69, 9.17) is 16.3 Å². The number of hydrogen-bond acceptors (Lipinski definition) is 6. The third kappa shape index (κ3) is 4.06. The zero-order valence-electron chi connectivity index (χ0n) is 17.8. The second kappa shape index (κ2) is 9.28. The number of hydrazone groups is 1. The molecule has 0 radical (unpaired) electrons. The van der Waals surface area contributed by atoms with E-state index in [1.54, 1.807) is 6.07 Å². The molecule has 0 aliphatic heterocycles. The zero-order chi connectivity index (χ0) is 24.4. The molecule has 0 N–H and O–H groups in total. The molecule has 4 aromatic rings. The van der Waals surface area contributed by atoms with Crippen molar-refractivity contribution in [2.45, 2.75) is 0 Å². The Hall–Kier alpha value is -4.31. The van der Waals surface area contributed by atoms with E-state index in [1.165, 1.54) is 71.8 Å². The van der Waals surface area contributed by atoms with E-state index < -0.39 is 17.1 Å². The van der Waals surface area contributed by atoms with Crippen molar-refractivity contribution >= 4 is 24.0 Å². The lowest BCUT2D eigenvalue weighted by molar-refractivity contribution is 0.405. The van der Waals surface area contributed by atoms with E-state index in [0.717, 1.165) is 4.68 Å². The van der Waals surface area contributed by atoms with E-state index in [-0.39, 0.29) is 33.5 Å². The minimum absolute atomic E-state index is 0.0139. The lowest BCUT2D eigenvalue weighted by Crippen LogP contribution is -2.18. The van der Waals surface area contributed by atoms with Gasteiger partial charge in [0, 0.05) is 24.0 Å². The van der Waals surface area contributed by atoms with E-state index in [2.05, 4.69) is 28.6 Å². The van der Waals surface area contributed by atoms with Crippen molar-refractivity contribution in [3.8, 4) is 28.5 Å². The fraction of sp³-hybridized carbons (Fsp3) is 0.0435. The molecule has 4 rings (SSSR count). The highest BCUT2D eigenvalue weighted by molar-refractivity contribution is 6.30. The van der Waals surface area contributed by atoms with Crippen LogP contribution in [0, 0.1) is 11.6 Å². The molecule has 2 heterocycles. The van der Waals surface area contributed by atoms with Crippen molar-refractivity contribution in [1.29, 1.82) is 0 Å². The minimum Gasteiger partial charge on any atom is -0.491 e. The van der Waals surface area contributed by atoms with Crippen molar-refractivity contribution in [2.75, 3.05) is 12.1 Å². The van der Waals surface area contributed by atoms with Gasteiger partial charge in [-0.15, -0.1) is 0 Å². The number of benzene rings is 2. The van der Waals surface area contributed by atoms with Gasteiger partial charge in [0.1, 0.15) is 17.2 Å². The predicted octanol–water partition coefficient (Wildman–Crippen LogP) is 4.59. The molecular weight excluding hydrogens is 466 g/mol. The van der Waals surface area contributed by atoms with Crippen molar-refractivity contribution in [1.82, 2.24) is 19.6 Å². The molecule has 2 aromatic carbocycles. The van der Waals surface area contributed by atoms with Gasteiger partial charge in [-0.25, -0.2) is 23.2 Å². The second-order valence-electron chi connectivity index (χ2n) is 6.85. The van der Waals surface area contributed by atoms with Crippen LogP contribution in [0.25, 0.3) is 22.8 Å². The molecule has 0 atom stereocenters. The molecule has 8 nitrogen and oxygen atoms in total. The van der Waals surface area contributed by atoms with Crippen LogP contribution in [-0.4, -0.2) is 33.4 Å². The molecule has 34 heavy (non-hydrogen) atoms. The summed E-state index contributed by atoms with van der Waals surface area (Å²) >= 11 is 6.02. The van der Waals surface area contributed by atoms with Crippen LogP contribution in [0.5, 0.6) is 5.75 Å². The molecule has 0 amide bonds. The molecule has 0 aliphatic rings. The number of anilines is 1. The number of halogens is 3. The number of aromatic nitrogens is 4. The van der Waals surface area contributed by atoms with Crippen LogP contribution in [-0.2, 0) is 0 Å². The second-order valence-corrected chi connectivity index (χ2v) is 7.28. The topological polar surface area (TPSA) is 77.5 Å². The van der Waals surface area contributed by atoms with Gasteiger partial charge in [-0.3, -0.25) is 4.79 Å². The third-order valence-corrected chi connectivity index (χ3v) is 5.13. The molecule has 2 aromatic heterocycles. The fourth-order valence-electron chi connectivity index (χ4n) is 3.30. The van der Waals surface area contributed by atoms with Gasteiger partial charge in [-0.05, 0) is 36.4 Å². The third-order valence-electron chi connectivity index (χ3n) is 4.90. The summed E-state index contributed by atoms with van der Waals surface area (Å²) in [6.45, 7) is 7.00. The summed E-state index contributed by atoms with van der Waals surface area (Å²) in [6, 6.07) is 9.65. The number of nitrogens with zero attached hydrogens (tertiary/aromatic N) is 6. The SMILES string of the molecule is C=CN(N=C)c1ccc(-n2cc(OC)c(=O)c(-c3ccnn3-c3cc(Cl)ccc3F)n2)c(F)c1. The normalized spacial score (nSPS) is 10.7. The first-order valence-electron chi connectivity index (χ1n) is 9.74. The van der Waals surface area contributed by atoms with Gasteiger partial charge in [0.25, 0.3) is 5.43 Å². The molecule has 11 heteroatoms. The summed E-state index contributed by atoms with van der Waals surface area (Å²) in [7, 11) is 1.30. The van der Waals surface area contributed by atoms with Gasteiger partial charge >= 0.3 is 0 Å². The molecule has 0 saturated heterocycles. The van der Waals surface area contributed by atoms with E-state index in [0.29, 0.717) is 5.69 Å². The molecule has 0 aliphatic carbocycles. The Labute approximate surface area is 197 Å². The van der Waals surface area contributed by atoms with E-state index in [1.807, 2.05) is 0 Å². The standard InChI is InChI=1S/C23H17ClF2N6O2/c1-4-30(27-2)15-6-8-18(17(26)12-15)31-13-21(34-3)23(33)22(29-31)19-9-10-28-32(19)20-11-14(24)5-7-16(20)25/h4-13H,1-2H2,3H3. The summed E-state index contributed by atoms with van der Waals surface area (Å²) in [5.74, 6) is -1.37. The number of ether oxygens (including phenoxy) is 1. The van der Waals surface area contributed by atoms with Gasteiger partial charge in [-0.2, -0.15) is 15.3 Å². The molecule has 0 fully saturated rings. The average molecular weight is 483 g/mol. The quantitative estimate of drug-likeness (QED) is 0.284. The van der Waals surface area contributed by atoms with Crippen LogP contribution >= 0.6 is 11.6 Å². The Balaban J connectivity index is 1.90. The van der Waals surface area contributed by atoms with Crippen LogP contribution < -0.4 is 15.2 Å². The molecule has 0 bridgehead atoms. The Morgan fingerprint density at radius 1 is 1.15 bits per heavy atom. The smallest absolute Gasteiger partial charge is 0.251 e. The molecule has 0 saturated carbocycles. The largest absolute Gasteiger partial charge is 0.491 e. The van der Waals surface area contributed by atoms with Crippen LogP contribution in [0.4, 0.5) is 14.5 Å². The minimum atomic E-state index is -0.661. The summed E-state index contributed by atoms with van der Waals surface area (Å²) in [5, 5.41) is 13.7. The molecule has 0 spiro atoms. The Kier molecular flexibility index (Phi) is 6.24.